The predicted octanol–water partition coefficient (Wildman–Crippen LogP) is 1.79. The lowest BCUT2D eigenvalue weighted by atomic mass is 9.87. The van der Waals surface area contributed by atoms with Crippen LogP contribution in [0, 0.1) is 0 Å². The number of hydrogen-bond acceptors (Lipinski definition) is 3. The minimum absolute atomic E-state index is 0.294. The van der Waals surface area contributed by atoms with Crippen molar-refractivity contribution in [2.45, 2.75) is 76.2 Å². The van der Waals surface area contributed by atoms with E-state index in [1.807, 2.05) is 0 Å². The molecule has 0 radical (unpaired) electrons. The molecule has 1 saturated carbocycles. The SMILES string of the molecule is CC(C)(O)C(C)(C)NS(=O)(=O)C1CCCCC1. The maximum Gasteiger partial charge on any atom is 0.215 e. The largest absolute Gasteiger partial charge is 0.389 e. The third-order valence-electron chi connectivity index (χ3n) is 3.92. The van der Waals surface area contributed by atoms with Gasteiger partial charge in [-0.2, -0.15) is 0 Å². The standard InChI is InChI=1S/C12H25NO3S/c1-11(2,12(3,4)14)13-17(15,16)10-8-6-5-7-9-10/h10,13-14H,5-9H2,1-4H3. The first kappa shape index (κ1) is 14.9. The van der Waals surface area contributed by atoms with E-state index in [1.54, 1.807) is 27.7 Å². The highest BCUT2D eigenvalue weighted by molar-refractivity contribution is 7.90. The maximum atomic E-state index is 12.2. The molecule has 0 aromatic heterocycles. The normalized spacial score (nSPS) is 20.5. The van der Waals surface area contributed by atoms with Crippen molar-refractivity contribution in [3.8, 4) is 0 Å². The van der Waals surface area contributed by atoms with Crippen LogP contribution in [0.25, 0.3) is 0 Å². The van der Waals surface area contributed by atoms with Crippen molar-refractivity contribution in [1.29, 1.82) is 0 Å². The molecule has 4 nitrogen and oxygen atoms in total. The maximum absolute atomic E-state index is 12.2. The van der Waals surface area contributed by atoms with Gasteiger partial charge in [0.15, 0.2) is 0 Å². The van der Waals surface area contributed by atoms with Crippen molar-refractivity contribution in [3.63, 3.8) is 0 Å². The van der Waals surface area contributed by atoms with Crippen LogP contribution in [0.4, 0.5) is 0 Å². The molecule has 0 bridgehead atoms. The van der Waals surface area contributed by atoms with E-state index >= 15 is 0 Å². The lowest BCUT2D eigenvalue weighted by molar-refractivity contribution is 0.00622. The van der Waals surface area contributed by atoms with Gasteiger partial charge in [-0.1, -0.05) is 19.3 Å². The van der Waals surface area contributed by atoms with Crippen molar-refractivity contribution in [2.75, 3.05) is 0 Å². The zero-order valence-corrected chi connectivity index (χ0v) is 12.1. The summed E-state index contributed by atoms with van der Waals surface area (Å²) in [5.74, 6) is 0. The van der Waals surface area contributed by atoms with Gasteiger partial charge in [-0.15, -0.1) is 0 Å². The molecular formula is C12H25NO3S. The Hall–Kier alpha value is -0.130. The summed E-state index contributed by atoms with van der Waals surface area (Å²) in [4.78, 5) is 0. The third kappa shape index (κ3) is 3.66. The van der Waals surface area contributed by atoms with E-state index in [0.29, 0.717) is 0 Å². The average Bonchev–Trinajstić information content (AvgIpc) is 2.15. The fraction of sp³-hybridized carbons (Fsp3) is 1.00. The molecule has 0 amide bonds. The van der Waals surface area contributed by atoms with Gasteiger partial charge >= 0.3 is 0 Å². The van der Waals surface area contributed by atoms with Crippen molar-refractivity contribution in [2.24, 2.45) is 0 Å². The molecular weight excluding hydrogens is 238 g/mol. The van der Waals surface area contributed by atoms with Crippen LogP contribution in [0.1, 0.15) is 59.8 Å². The first-order valence-electron chi connectivity index (χ1n) is 6.31. The van der Waals surface area contributed by atoms with Crippen LogP contribution in [-0.2, 0) is 10.0 Å². The first-order chi connectivity index (χ1) is 7.56. The Morgan fingerprint density at radius 2 is 1.53 bits per heavy atom. The Labute approximate surface area is 105 Å². The summed E-state index contributed by atoms with van der Waals surface area (Å²) in [6.07, 6.45) is 4.55. The molecule has 0 spiro atoms. The number of sulfonamides is 1. The number of hydrogen-bond donors (Lipinski definition) is 2. The Bertz CT molecular complexity index is 348. The Morgan fingerprint density at radius 1 is 1.06 bits per heavy atom. The highest BCUT2D eigenvalue weighted by atomic mass is 32.2. The minimum Gasteiger partial charge on any atom is -0.389 e. The van der Waals surface area contributed by atoms with Gasteiger partial charge in [-0.25, -0.2) is 13.1 Å². The lowest BCUT2D eigenvalue weighted by Crippen LogP contribution is -2.59. The lowest BCUT2D eigenvalue weighted by Gasteiger charge is -2.39. The predicted molar refractivity (Wildman–Crippen MR) is 69.3 cm³/mol. The topological polar surface area (TPSA) is 66.4 Å². The molecule has 102 valence electrons. The molecule has 17 heavy (non-hydrogen) atoms. The van der Waals surface area contributed by atoms with Gasteiger partial charge < -0.3 is 5.11 Å². The summed E-state index contributed by atoms with van der Waals surface area (Å²) >= 11 is 0. The smallest absolute Gasteiger partial charge is 0.215 e. The molecule has 1 rings (SSSR count). The third-order valence-corrected chi connectivity index (χ3v) is 6.06. The van der Waals surface area contributed by atoms with Gasteiger partial charge in [-0.3, -0.25) is 0 Å². The van der Waals surface area contributed by atoms with E-state index in [4.69, 9.17) is 0 Å². The van der Waals surface area contributed by atoms with Crippen LogP contribution in [0.15, 0.2) is 0 Å². The van der Waals surface area contributed by atoms with Crippen molar-refractivity contribution < 1.29 is 13.5 Å². The molecule has 2 N–H and O–H groups in total. The summed E-state index contributed by atoms with van der Waals surface area (Å²) in [7, 11) is -3.33. The molecule has 0 unspecified atom stereocenters. The van der Waals surface area contributed by atoms with E-state index in [-0.39, 0.29) is 5.25 Å². The van der Waals surface area contributed by atoms with E-state index in [2.05, 4.69) is 4.72 Å². The number of nitrogens with one attached hydrogen (secondary N) is 1. The summed E-state index contributed by atoms with van der Waals surface area (Å²) in [6, 6.07) is 0. The molecule has 5 heteroatoms. The summed E-state index contributed by atoms with van der Waals surface area (Å²) in [5.41, 5.74) is -1.95. The van der Waals surface area contributed by atoms with E-state index < -0.39 is 21.2 Å². The monoisotopic (exact) mass is 263 g/mol. The van der Waals surface area contributed by atoms with Crippen molar-refractivity contribution in [1.82, 2.24) is 4.72 Å². The van der Waals surface area contributed by atoms with Gasteiger partial charge in [0, 0.05) is 0 Å². The molecule has 0 aliphatic heterocycles. The number of aliphatic hydroxyl groups is 1. The second-order valence-corrected chi connectivity index (χ2v) is 8.05. The van der Waals surface area contributed by atoms with Gasteiger partial charge in [0.25, 0.3) is 0 Å². The molecule has 0 saturated heterocycles. The molecule has 1 aliphatic rings. The molecule has 0 heterocycles. The van der Waals surface area contributed by atoms with Crippen LogP contribution in [0.3, 0.4) is 0 Å². The Balaban J connectivity index is 2.79. The quantitative estimate of drug-likeness (QED) is 0.812. The summed E-state index contributed by atoms with van der Waals surface area (Å²) in [5, 5.41) is 9.69. The van der Waals surface area contributed by atoms with E-state index in [1.165, 1.54) is 0 Å². The van der Waals surface area contributed by atoms with Gasteiger partial charge in [-0.05, 0) is 40.5 Å². The second kappa shape index (κ2) is 4.86. The molecule has 1 aliphatic carbocycles. The Morgan fingerprint density at radius 3 is 1.94 bits per heavy atom. The van der Waals surface area contributed by atoms with Crippen LogP contribution in [-0.4, -0.2) is 29.9 Å². The fourth-order valence-electron chi connectivity index (χ4n) is 1.94. The van der Waals surface area contributed by atoms with Gasteiger partial charge in [0.05, 0.1) is 16.4 Å². The van der Waals surface area contributed by atoms with Crippen molar-refractivity contribution >= 4 is 10.0 Å². The van der Waals surface area contributed by atoms with Crippen LogP contribution >= 0.6 is 0 Å². The zero-order valence-electron chi connectivity index (χ0n) is 11.3. The number of rotatable bonds is 4. The van der Waals surface area contributed by atoms with Crippen LogP contribution < -0.4 is 4.72 Å². The second-order valence-electron chi connectivity index (χ2n) is 6.09. The van der Waals surface area contributed by atoms with E-state index in [0.717, 1.165) is 32.1 Å². The zero-order chi connectivity index (χ0) is 13.3. The van der Waals surface area contributed by atoms with Crippen LogP contribution in [0.5, 0.6) is 0 Å². The van der Waals surface area contributed by atoms with Gasteiger partial charge in [0.1, 0.15) is 0 Å². The van der Waals surface area contributed by atoms with E-state index in [9.17, 15) is 13.5 Å². The Kier molecular flexibility index (Phi) is 4.27. The average molecular weight is 263 g/mol. The minimum atomic E-state index is -3.33. The summed E-state index contributed by atoms with van der Waals surface area (Å²) in [6.45, 7) is 6.67. The highest BCUT2D eigenvalue weighted by Crippen LogP contribution is 2.27. The molecule has 0 aromatic carbocycles. The fourth-order valence-corrected chi connectivity index (χ4v) is 4.02. The molecule has 0 aromatic rings. The van der Waals surface area contributed by atoms with Crippen molar-refractivity contribution in [3.05, 3.63) is 0 Å². The van der Waals surface area contributed by atoms with Gasteiger partial charge in [0.2, 0.25) is 10.0 Å². The summed E-state index contributed by atoms with van der Waals surface area (Å²) < 4.78 is 27.1. The highest BCUT2D eigenvalue weighted by Gasteiger charge is 2.40. The molecule has 0 atom stereocenters. The first-order valence-corrected chi connectivity index (χ1v) is 7.86. The van der Waals surface area contributed by atoms with Crippen LogP contribution in [0.2, 0.25) is 0 Å². The molecule has 1 fully saturated rings.